The summed E-state index contributed by atoms with van der Waals surface area (Å²) in [6.45, 7) is 0. The van der Waals surface area contributed by atoms with Crippen LogP contribution in [0.1, 0.15) is 10.6 Å². The third kappa shape index (κ3) is 2.14. The van der Waals surface area contributed by atoms with Gasteiger partial charge in [0.25, 0.3) is 5.91 Å². The SMILES string of the molecule is O=C(Nc1ccc(=O)[nH]c1)c1ccco1. The number of furan rings is 1. The lowest BCUT2D eigenvalue weighted by Gasteiger charge is -2.01. The quantitative estimate of drug-likeness (QED) is 0.772. The number of carbonyl (C=O) groups is 1. The first-order valence-corrected chi connectivity index (χ1v) is 4.29. The zero-order valence-corrected chi connectivity index (χ0v) is 7.69. The number of amides is 1. The normalized spacial score (nSPS) is 9.87. The van der Waals surface area contributed by atoms with Crippen LogP contribution in [-0.4, -0.2) is 10.9 Å². The van der Waals surface area contributed by atoms with Gasteiger partial charge in [0.2, 0.25) is 5.56 Å². The van der Waals surface area contributed by atoms with Gasteiger partial charge in [0, 0.05) is 12.3 Å². The highest BCUT2D eigenvalue weighted by atomic mass is 16.3. The number of pyridine rings is 1. The van der Waals surface area contributed by atoms with E-state index in [0.717, 1.165) is 0 Å². The van der Waals surface area contributed by atoms with Gasteiger partial charge in [-0.1, -0.05) is 0 Å². The Labute approximate surface area is 84.7 Å². The maximum atomic E-state index is 11.5. The number of aromatic nitrogens is 1. The van der Waals surface area contributed by atoms with Crippen molar-refractivity contribution in [2.45, 2.75) is 0 Å². The fraction of sp³-hybridized carbons (Fsp3) is 0. The minimum absolute atomic E-state index is 0.217. The van der Waals surface area contributed by atoms with Crippen molar-refractivity contribution in [3.05, 3.63) is 52.8 Å². The highest BCUT2D eigenvalue weighted by Gasteiger charge is 2.07. The molecular formula is C10H8N2O3. The second-order valence-electron chi connectivity index (χ2n) is 2.87. The molecule has 0 bridgehead atoms. The average Bonchev–Trinajstić information content (AvgIpc) is 2.74. The van der Waals surface area contributed by atoms with E-state index in [0.29, 0.717) is 5.69 Å². The Morgan fingerprint density at radius 1 is 1.33 bits per heavy atom. The molecule has 0 aliphatic rings. The second-order valence-corrected chi connectivity index (χ2v) is 2.87. The van der Waals surface area contributed by atoms with Gasteiger partial charge in [-0.2, -0.15) is 0 Å². The van der Waals surface area contributed by atoms with Gasteiger partial charge < -0.3 is 14.7 Å². The molecule has 0 fully saturated rings. The van der Waals surface area contributed by atoms with Crippen molar-refractivity contribution in [2.24, 2.45) is 0 Å². The maximum absolute atomic E-state index is 11.5. The van der Waals surface area contributed by atoms with Crippen molar-refractivity contribution in [2.75, 3.05) is 5.32 Å². The van der Waals surface area contributed by atoms with Crippen LogP contribution in [0.5, 0.6) is 0 Å². The summed E-state index contributed by atoms with van der Waals surface area (Å²) in [6, 6.07) is 6.03. The summed E-state index contributed by atoms with van der Waals surface area (Å²) in [4.78, 5) is 24.7. The van der Waals surface area contributed by atoms with Crippen LogP contribution in [0.15, 0.2) is 45.9 Å². The van der Waals surface area contributed by atoms with Gasteiger partial charge in [0.1, 0.15) is 0 Å². The van der Waals surface area contributed by atoms with Gasteiger partial charge in [-0.3, -0.25) is 9.59 Å². The van der Waals surface area contributed by atoms with E-state index in [1.165, 1.54) is 24.6 Å². The van der Waals surface area contributed by atoms with Crippen LogP contribution in [0.3, 0.4) is 0 Å². The van der Waals surface area contributed by atoms with Crippen LogP contribution >= 0.6 is 0 Å². The fourth-order valence-electron chi connectivity index (χ4n) is 1.09. The molecule has 0 saturated heterocycles. The molecule has 2 heterocycles. The first-order valence-electron chi connectivity index (χ1n) is 4.29. The molecule has 2 aromatic heterocycles. The molecule has 0 spiro atoms. The largest absolute Gasteiger partial charge is 0.459 e. The van der Waals surface area contributed by atoms with Crippen molar-refractivity contribution in [3.63, 3.8) is 0 Å². The molecule has 2 rings (SSSR count). The van der Waals surface area contributed by atoms with Crippen molar-refractivity contribution in [3.8, 4) is 0 Å². The fourth-order valence-corrected chi connectivity index (χ4v) is 1.09. The molecule has 76 valence electrons. The van der Waals surface area contributed by atoms with Crippen molar-refractivity contribution in [1.82, 2.24) is 4.98 Å². The van der Waals surface area contributed by atoms with Crippen LogP contribution < -0.4 is 10.9 Å². The van der Waals surface area contributed by atoms with E-state index in [1.54, 1.807) is 12.1 Å². The van der Waals surface area contributed by atoms with Crippen LogP contribution in [0, 0.1) is 0 Å². The van der Waals surface area contributed by atoms with Gasteiger partial charge in [-0.05, 0) is 18.2 Å². The second kappa shape index (κ2) is 3.83. The highest BCUT2D eigenvalue weighted by molar-refractivity contribution is 6.02. The molecule has 5 nitrogen and oxygen atoms in total. The van der Waals surface area contributed by atoms with E-state index in [9.17, 15) is 9.59 Å². The lowest BCUT2D eigenvalue weighted by Crippen LogP contribution is -2.12. The van der Waals surface area contributed by atoms with Crippen molar-refractivity contribution < 1.29 is 9.21 Å². The third-order valence-corrected chi connectivity index (χ3v) is 1.79. The molecule has 0 atom stereocenters. The molecule has 0 aliphatic heterocycles. The van der Waals surface area contributed by atoms with Crippen molar-refractivity contribution >= 4 is 11.6 Å². The maximum Gasteiger partial charge on any atom is 0.291 e. The average molecular weight is 204 g/mol. The first kappa shape index (κ1) is 9.26. The Hall–Kier alpha value is -2.30. The van der Waals surface area contributed by atoms with E-state index in [4.69, 9.17) is 4.42 Å². The van der Waals surface area contributed by atoms with Gasteiger partial charge in [0.15, 0.2) is 5.76 Å². The number of rotatable bonds is 2. The highest BCUT2D eigenvalue weighted by Crippen LogP contribution is 2.06. The summed E-state index contributed by atoms with van der Waals surface area (Å²) < 4.78 is 4.91. The van der Waals surface area contributed by atoms with E-state index in [1.807, 2.05) is 0 Å². The summed E-state index contributed by atoms with van der Waals surface area (Å²) >= 11 is 0. The van der Waals surface area contributed by atoms with E-state index in [2.05, 4.69) is 10.3 Å². The van der Waals surface area contributed by atoms with Crippen molar-refractivity contribution in [1.29, 1.82) is 0 Å². The molecule has 5 heteroatoms. The smallest absolute Gasteiger partial charge is 0.291 e. The molecule has 15 heavy (non-hydrogen) atoms. The molecule has 1 amide bonds. The Morgan fingerprint density at radius 3 is 2.80 bits per heavy atom. The zero-order valence-electron chi connectivity index (χ0n) is 7.69. The van der Waals surface area contributed by atoms with E-state index >= 15 is 0 Å². The number of aromatic amines is 1. The van der Waals surface area contributed by atoms with E-state index in [-0.39, 0.29) is 17.2 Å². The van der Waals surface area contributed by atoms with Gasteiger partial charge in [-0.25, -0.2) is 0 Å². The molecule has 0 saturated carbocycles. The Bertz CT molecular complexity index is 493. The molecule has 0 aromatic carbocycles. The molecule has 2 aromatic rings. The lowest BCUT2D eigenvalue weighted by atomic mass is 10.4. The number of hydrogen-bond acceptors (Lipinski definition) is 3. The number of nitrogens with one attached hydrogen (secondary N) is 2. The standard InChI is InChI=1S/C10H8N2O3/c13-9-4-3-7(6-11-9)12-10(14)8-2-1-5-15-8/h1-6H,(H,11,13)(H,12,14). The summed E-state index contributed by atoms with van der Waals surface area (Å²) in [5.74, 6) is -0.131. The van der Waals surface area contributed by atoms with Crippen LogP contribution in [0.4, 0.5) is 5.69 Å². The zero-order chi connectivity index (χ0) is 10.7. The summed E-state index contributed by atoms with van der Waals surface area (Å²) in [5, 5.41) is 2.57. The number of hydrogen-bond donors (Lipinski definition) is 2. The third-order valence-electron chi connectivity index (χ3n) is 1.79. The van der Waals surface area contributed by atoms with Gasteiger partial charge in [-0.15, -0.1) is 0 Å². The molecular weight excluding hydrogens is 196 g/mol. The number of carbonyl (C=O) groups excluding carboxylic acids is 1. The lowest BCUT2D eigenvalue weighted by molar-refractivity contribution is 0.0996. The van der Waals surface area contributed by atoms with Gasteiger partial charge >= 0.3 is 0 Å². The molecule has 2 N–H and O–H groups in total. The first-order chi connectivity index (χ1) is 7.25. The minimum atomic E-state index is -0.355. The summed E-state index contributed by atoms with van der Waals surface area (Å²) in [5.41, 5.74) is 0.294. The molecule has 0 aliphatic carbocycles. The Kier molecular flexibility index (Phi) is 2.37. The predicted octanol–water partition coefficient (Wildman–Crippen LogP) is 1.22. The summed E-state index contributed by atoms with van der Waals surface area (Å²) in [7, 11) is 0. The van der Waals surface area contributed by atoms with E-state index < -0.39 is 0 Å². The number of anilines is 1. The Balaban J connectivity index is 2.13. The minimum Gasteiger partial charge on any atom is -0.459 e. The molecule has 0 radical (unpaired) electrons. The van der Waals surface area contributed by atoms with Gasteiger partial charge in [0.05, 0.1) is 12.0 Å². The summed E-state index contributed by atoms with van der Waals surface area (Å²) in [6.07, 6.45) is 2.84. The molecule has 0 unspecified atom stereocenters. The Morgan fingerprint density at radius 2 is 2.20 bits per heavy atom. The topological polar surface area (TPSA) is 75.1 Å². The van der Waals surface area contributed by atoms with Crippen LogP contribution in [-0.2, 0) is 0 Å². The van der Waals surface area contributed by atoms with Crippen LogP contribution in [0.25, 0.3) is 0 Å². The van der Waals surface area contributed by atoms with Crippen LogP contribution in [0.2, 0.25) is 0 Å². The monoisotopic (exact) mass is 204 g/mol. The predicted molar refractivity (Wildman–Crippen MR) is 53.7 cm³/mol. The number of H-pyrrole nitrogens is 1.